The lowest BCUT2D eigenvalue weighted by molar-refractivity contribution is 0.891. The fourth-order valence-electron chi connectivity index (χ4n) is 2.36. The first-order valence-electron chi connectivity index (χ1n) is 6.40. The van der Waals surface area contributed by atoms with Gasteiger partial charge < -0.3 is 4.98 Å². The van der Waals surface area contributed by atoms with E-state index in [0.29, 0.717) is 16.6 Å². The number of benzene rings is 2. The van der Waals surface area contributed by atoms with Gasteiger partial charge in [-0.25, -0.2) is 9.36 Å². The highest BCUT2D eigenvalue weighted by molar-refractivity contribution is 5.77. The molecule has 0 saturated carbocycles. The molecule has 0 radical (unpaired) electrons. The molecule has 0 bridgehead atoms. The minimum atomic E-state index is -0.414. The van der Waals surface area contributed by atoms with Crippen LogP contribution in [0.15, 0.2) is 52.1 Å². The second-order valence-electron chi connectivity index (χ2n) is 4.84. The van der Waals surface area contributed by atoms with E-state index >= 15 is 0 Å². The van der Waals surface area contributed by atoms with Crippen LogP contribution in [0.25, 0.3) is 16.6 Å². The Bertz CT molecular complexity index is 920. The number of aromatic amines is 1. The predicted molar refractivity (Wildman–Crippen MR) is 79.6 cm³/mol. The fraction of sp³-hybridized carbons (Fsp3) is 0.125. The zero-order chi connectivity index (χ0) is 14.3. The lowest BCUT2D eigenvalue weighted by atomic mass is 10.1. The first-order chi connectivity index (χ1) is 9.59. The third kappa shape index (κ3) is 1.77. The van der Waals surface area contributed by atoms with Gasteiger partial charge in [0.05, 0.1) is 16.6 Å². The smallest absolute Gasteiger partial charge is 0.306 e. The minimum absolute atomic E-state index is 0.293. The third-order valence-corrected chi connectivity index (χ3v) is 3.62. The molecule has 0 spiro atoms. The number of aryl methyl sites for hydroxylation is 1. The molecule has 4 heteroatoms. The average Bonchev–Trinajstić information content (AvgIpc) is 2.43. The number of hydrogen-bond acceptors (Lipinski definition) is 2. The van der Waals surface area contributed by atoms with E-state index in [0.717, 1.165) is 11.1 Å². The molecule has 0 aliphatic carbocycles. The molecule has 0 unspecified atom stereocenters. The van der Waals surface area contributed by atoms with Crippen molar-refractivity contribution in [2.24, 2.45) is 0 Å². The van der Waals surface area contributed by atoms with Gasteiger partial charge in [0.2, 0.25) is 0 Å². The summed E-state index contributed by atoms with van der Waals surface area (Å²) in [5, 5.41) is 0.507. The molecule has 100 valence electrons. The van der Waals surface area contributed by atoms with Crippen LogP contribution in [0, 0.1) is 13.8 Å². The maximum Gasteiger partial charge on any atom is 0.333 e. The first-order valence-corrected chi connectivity index (χ1v) is 6.40. The van der Waals surface area contributed by atoms with Crippen molar-refractivity contribution in [3.05, 3.63) is 74.4 Å². The summed E-state index contributed by atoms with van der Waals surface area (Å²) in [5.41, 5.74) is 2.45. The predicted octanol–water partition coefficient (Wildman–Crippen LogP) is 2.30. The highest BCUT2D eigenvalue weighted by atomic mass is 16.2. The monoisotopic (exact) mass is 266 g/mol. The molecule has 20 heavy (non-hydrogen) atoms. The molecule has 4 nitrogen and oxygen atoms in total. The van der Waals surface area contributed by atoms with E-state index in [1.54, 1.807) is 30.3 Å². The maximum absolute atomic E-state index is 12.6. The molecular formula is C16H14N2O2. The quantitative estimate of drug-likeness (QED) is 0.734. The van der Waals surface area contributed by atoms with E-state index in [4.69, 9.17) is 0 Å². The van der Waals surface area contributed by atoms with Gasteiger partial charge in [0.1, 0.15) is 0 Å². The molecular weight excluding hydrogens is 252 g/mol. The van der Waals surface area contributed by atoms with E-state index < -0.39 is 5.69 Å². The van der Waals surface area contributed by atoms with Crippen molar-refractivity contribution in [1.29, 1.82) is 0 Å². The van der Waals surface area contributed by atoms with Crippen molar-refractivity contribution < 1.29 is 0 Å². The van der Waals surface area contributed by atoms with Crippen LogP contribution in [-0.4, -0.2) is 9.55 Å². The molecule has 1 N–H and O–H groups in total. The molecule has 0 fully saturated rings. The summed E-state index contributed by atoms with van der Waals surface area (Å²) < 4.78 is 1.20. The minimum Gasteiger partial charge on any atom is -0.306 e. The summed E-state index contributed by atoms with van der Waals surface area (Å²) in [6, 6.07) is 12.6. The molecule has 0 saturated heterocycles. The van der Waals surface area contributed by atoms with Crippen LogP contribution in [0.3, 0.4) is 0 Å². The molecule has 1 aromatic heterocycles. The Morgan fingerprint density at radius 1 is 0.950 bits per heavy atom. The lowest BCUT2D eigenvalue weighted by Gasteiger charge is -2.11. The largest absolute Gasteiger partial charge is 0.333 e. The fourth-order valence-corrected chi connectivity index (χ4v) is 2.36. The molecule has 1 heterocycles. The van der Waals surface area contributed by atoms with E-state index in [2.05, 4.69) is 4.98 Å². The second-order valence-corrected chi connectivity index (χ2v) is 4.84. The first kappa shape index (κ1) is 12.4. The van der Waals surface area contributed by atoms with Crippen LogP contribution in [0.5, 0.6) is 0 Å². The Labute approximate surface area is 115 Å². The Hall–Kier alpha value is -2.62. The number of fused-ring (bicyclic) bond motifs is 1. The van der Waals surface area contributed by atoms with Gasteiger partial charge in [-0.15, -0.1) is 0 Å². The summed E-state index contributed by atoms with van der Waals surface area (Å²) in [7, 11) is 0. The van der Waals surface area contributed by atoms with Crippen LogP contribution >= 0.6 is 0 Å². The van der Waals surface area contributed by atoms with Crippen LogP contribution in [0.4, 0.5) is 0 Å². The molecule has 0 aliphatic rings. The standard InChI is InChI=1S/C16H14N2O2/c1-10-6-5-9-14(11(10)2)18-15(19)12-7-3-4-8-13(12)17-16(18)20/h3-9H,1-2H3,(H,17,20). The van der Waals surface area contributed by atoms with Gasteiger partial charge in [-0.05, 0) is 43.2 Å². The van der Waals surface area contributed by atoms with Crippen molar-refractivity contribution in [3.63, 3.8) is 0 Å². The number of nitrogens with one attached hydrogen (secondary N) is 1. The summed E-state index contributed by atoms with van der Waals surface area (Å²) >= 11 is 0. The molecule has 2 aromatic carbocycles. The number of nitrogens with zero attached hydrogens (tertiary/aromatic N) is 1. The Morgan fingerprint density at radius 2 is 1.70 bits per heavy atom. The van der Waals surface area contributed by atoms with Crippen molar-refractivity contribution in [3.8, 4) is 5.69 Å². The summed E-state index contributed by atoms with van der Waals surface area (Å²) in [4.78, 5) is 27.5. The van der Waals surface area contributed by atoms with Gasteiger partial charge in [-0.2, -0.15) is 0 Å². The number of para-hydroxylation sites is 1. The highest BCUT2D eigenvalue weighted by Crippen LogP contribution is 2.15. The van der Waals surface area contributed by atoms with Crippen LogP contribution in [0.2, 0.25) is 0 Å². The van der Waals surface area contributed by atoms with Crippen molar-refractivity contribution in [2.45, 2.75) is 13.8 Å². The summed E-state index contributed by atoms with van der Waals surface area (Å²) in [6.07, 6.45) is 0. The SMILES string of the molecule is Cc1cccc(-n2c(=O)[nH]c3ccccc3c2=O)c1C. The van der Waals surface area contributed by atoms with E-state index in [1.165, 1.54) is 4.57 Å². The Kier molecular flexibility index (Phi) is 2.79. The van der Waals surface area contributed by atoms with Gasteiger partial charge in [0, 0.05) is 0 Å². The van der Waals surface area contributed by atoms with E-state index in [9.17, 15) is 9.59 Å². The molecule has 0 atom stereocenters. The van der Waals surface area contributed by atoms with Gasteiger partial charge in [-0.1, -0.05) is 24.3 Å². The van der Waals surface area contributed by atoms with Crippen LogP contribution < -0.4 is 11.2 Å². The van der Waals surface area contributed by atoms with Crippen LogP contribution in [-0.2, 0) is 0 Å². The van der Waals surface area contributed by atoms with Crippen molar-refractivity contribution in [1.82, 2.24) is 9.55 Å². The zero-order valence-corrected chi connectivity index (χ0v) is 11.3. The summed E-state index contributed by atoms with van der Waals surface area (Å²) in [6.45, 7) is 3.87. The molecule has 3 aromatic rings. The summed E-state index contributed by atoms with van der Waals surface area (Å²) in [5.74, 6) is 0. The topological polar surface area (TPSA) is 54.9 Å². The van der Waals surface area contributed by atoms with Crippen molar-refractivity contribution >= 4 is 10.9 Å². The van der Waals surface area contributed by atoms with Crippen LogP contribution in [0.1, 0.15) is 11.1 Å². The van der Waals surface area contributed by atoms with Crippen molar-refractivity contribution in [2.75, 3.05) is 0 Å². The zero-order valence-electron chi connectivity index (χ0n) is 11.3. The van der Waals surface area contributed by atoms with Gasteiger partial charge >= 0.3 is 5.69 Å². The van der Waals surface area contributed by atoms with E-state index in [1.807, 2.05) is 26.0 Å². The average molecular weight is 266 g/mol. The number of hydrogen-bond donors (Lipinski definition) is 1. The van der Waals surface area contributed by atoms with Gasteiger partial charge in [0.25, 0.3) is 5.56 Å². The molecule has 0 aliphatic heterocycles. The second kappa shape index (κ2) is 4.49. The number of aromatic nitrogens is 2. The molecule has 3 rings (SSSR count). The lowest BCUT2D eigenvalue weighted by Crippen LogP contribution is -2.34. The van der Waals surface area contributed by atoms with Gasteiger partial charge in [0.15, 0.2) is 0 Å². The Balaban J connectivity index is 2.46. The van der Waals surface area contributed by atoms with E-state index in [-0.39, 0.29) is 5.56 Å². The maximum atomic E-state index is 12.6. The number of rotatable bonds is 1. The number of H-pyrrole nitrogens is 1. The Morgan fingerprint density at radius 3 is 2.50 bits per heavy atom. The third-order valence-electron chi connectivity index (χ3n) is 3.62. The normalized spacial score (nSPS) is 10.9. The van der Waals surface area contributed by atoms with Gasteiger partial charge in [-0.3, -0.25) is 4.79 Å². The molecule has 0 amide bonds. The highest BCUT2D eigenvalue weighted by Gasteiger charge is 2.11.